The average molecular weight is 168 g/mol. The van der Waals surface area contributed by atoms with Gasteiger partial charge in [0, 0.05) is 0 Å². The van der Waals surface area contributed by atoms with E-state index >= 15 is 0 Å². The van der Waals surface area contributed by atoms with Gasteiger partial charge in [-0.05, 0) is 5.41 Å². The summed E-state index contributed by atoms with van der Waals surface area (Å²) in [5.74, 6) is -0.812. The summed E-state index contributed by atoms with van der Waals surface area (Å²) in [6.45, 7) is 9.97. The molecule has 0 aliphatic rings. The topological polar surface area (TPSA) is 37.3 Å². The average Bonchev–Trinajstić information content (AvgIpc) is 1.84. The Balaban J connectivity index is 4.02. The van der Waals surface area contributed by atoms with Crippen LogP contribution in [0.5, 0.6) is 0 Å². The van der Waals surface area contributed by atoms with E-state index in [1.165, 1.54) is 0 Å². The molecule has 2 nitrogen and oxygen atoms in total. The predicted molar refractivity (Wildman–Crippen MR) is 50.0 cm³/mol. The Morgan fingerprint density at radius 2 is 2.00 bits per heavy atom. The highest BCUT2D eigenvalue weighted by Crippen LogP contribution is 2.24. The smallest absolute Gasteiger partial charge is 0.307 e. The lowest BCUT2D eigenvalue weighted by Crippen LogP contribution is -2.06. The van der Waals surface area contributed by atoms with Gasteiger partial charge in [0.2, 0.25) is 0 Å². The zero-order valence-corrected chi connectivity index (χ0v) is 7.92. The van der Waals surface area contributed by atoms with Gasteiger partial charge in [0.05, 0.1) is 6.42 Å². The fourth-order valence-electron chi connectivity index (χ4n) is 0.552. The van der Waals surface area contributed by atoms with Gasteiger partial charge in [0.25, 0.3) is 0 Å². The molecule has 0 saturated carbocycles. The van der Waals surface area contributed by atoms with Crippen LogP contribution in [0.3, 0.4) is 0 Å². The monoisotopic (exact) mass is 168 g/mol. The highest BCUT2D eigenvalue weighted by atomic mass is 16.4. The molecule has 0 heterocycles. The minimum Gasteiger partial charge on any atom is -0.481 e. The molecular formula is C10H16O2. The van der Waals surface area contributed by atoms with Crippen molar-refractivity contribution in [2.75, 3.05) is 0 Å². The van der Waals surface area contributed by atoms with E-state index in [-0.39, 0.29) is 11.8 Å². The molecule has 0 aromatic heterocycles. The van der Waals surface area contributed by atoms with Gasteiger partial charge in [0.1, 0.15) is 0 Å². The van der Waals surface area contributed by atoms with Gasteiger partial charge in [-0.15, -0.1) is 0 Å². The van der Waals surface area contributed by atoms with Crippen molar-refractivity contribution < 1.29 is 9.90 Å². The molecule has 12 heavy (non-hydrogen) atoms. The molecule has 0 spiro atoms. The van der Waals surface area contributed by atoms with E-state index in [1.54, 1.807) is 12.2 Å². The van der Waals surface area contributed by atoms with E-state index in [2.05, 4.69) is 6.58 Å². The third-order valence-corrected chi connectivity index (χ3v) is 1.57. The van der Waals surface area contributed by atoms with E-state index in [1.807, 2.05) is 20.8 Å². The summed E-state index contributed by atoms with van der Waals surface area (Å²) in [5.41, 5.74) is 0.971. The van der Waals surface area contributed by atoms with E-state index in [4.69, 9.17) is 5.11 Å². The number of carbonyl (C=O) groups is 1. The maximum absolute atomic E-state index is 10.1. The van der Waals surface area contributed by atoms with Gasteiger partial charge in [-0.1, -0.05) is 45.1 Å². The van der Waals surface area contributed by atoms with Gasteiger partial charge in [-0.2, -0.15) is 0 Å². The fraction of sp³-hybridized carbons (Fsp3) is 0.500. The SMILES string of the molecule is C=C(/C=C/CC(=O)O)C(C)(C)C. The molecule has 0 bridgehead atoms. The number of hydrogen-bond acceptors (Lipinski definition) is 1. The zero-order chi connectivity index (χ0) is 9.78. The summed E-state index contributed by atoms with van der Waals surface area (Å²) in [4.78, 5) is 10.1. The first-order chi connectivity index (χ1) is 5.34. The maximum Gasteiger partial charge on any atom is 0.307 e. The molecular weight excluding hydrogens is 152 g/mol. The number of rotatable bonds is 3. The van der Waals surface area contributed by atoms with Crippen LogP contribution in [0.4, 0.5) is 0 Å². The quantitative estimate of drug-likeness (QED) is 0.658. The van der Waals surface area contributed by atoms with Crippen LogP contribution in [0.15, 0.2) is 24.3 Å². The number of allylic oxidation sites excluding steroid dienone is 2. The minimum absolute atomic E-state index is 0.0228. The number of carboxylic acid groups (broad SMARTS) is 1. The summed E-state index contributed by atoms with van der Waals surface area (Å²) >= 11 is 0. The first kappa shape index (κ1) is 11.0. The van der Waals surface area contributed by atoms with Crippen molar-refractivity contribution in [2.45, 2.75) is 27.2 Å². The van der Waals surface area contributed by atoms with E-state index < -0.39 is 5.97 Å². The van der Waals surface area contributed by atoms with Crippen molar-refractivity contribution in [3.63, 3.8) is 0 Å². The lowest BCUT2D eigenvalue weighted by molar-refractivity contribution is -0.136. The molecule has 0 unspecified atom stereocenters. The first-order valence-electron chi connectivity index (χ1n) is 3.92. The summed E-state index contributed by atoms with van der Waals surface area (Å²) in [6, 6.07) is 0. The fourth-order valence-corrected chi connectivity index (χ4v) is 0.552. The Hall–Kier alpha value is -1.05. The van der Waals surface area contributed by atoms with Crippen LogP contribution in [-0.2, 0) is 4.79 Å². The van der Waals surface area contributed by atoms with Crippen LogP contribution in [-0.4, -0.2) is 11.1 Å². The standard InChI is InChI=1S/C10H16O2/c1-8(10(2,3)4)6-5-7-9(11)12/h5-6H,1,7H2,2-4H3,(H,11,12)/b6-5+. The van der Waals surface area contributed by atoms with Crippen molar-refractivity contribution in [2.24, 2.45) is 5.41 Å². The first-order valence-corrected chi connectivity index (χ1v) is 3.92. The molecule has 0 amide bonds. The van der Waals surface area contributed by atoms with Crippen LogP contribution >= 0.6 is 0 Å². The van der Waals surface area contributed by atoms with Crippen LogP contribution in [0, 0.1) is 5.41 Å². The summed E-state index contributed by atoms with van der Waals surface area (Å²) < 4.78 is 0. The lowest BCUT2D eigenvalue weighted by Gasteiger charge is -2.18. The van der Waals surface area contributed by atoms with E-state index in [0.29, 0.717) is 0 Å². The Labute approximate surface area is 73.6 Å². The third kappa shape index (κ3) is 4.72. The highest BCUT2D eigenvalue weighted by molar-refractivity contribution is 5.68. The third-order valence-electron chi connectivity index (χ3n) is 1.57. The molecule has 1 N–H and O–H groups in total. The molecule has 0 aromatic rings. The Morgan fingerprint density at radius 3 is 2.33 bits per heavy atom. The number of hydrogen-bond donors (Lipinski definition) is 1. The Morgan fingerprint density at radius 1 is 1.50 bits per heavy atom. The predicted octanol–water partition coefficient (Wildman–Crippen LogP) is 2.62. The zero-order valence-electron chi connectivity index (χ0n) is 7.92. The molecule has 0 aromatic carbocycles. The van der Waals surface area contributed by atoms with E-state index in [9.17, 15) is 4.79 Å². The van der Waals surface area contributed by atoms with Crippen molar-refractivity contribution >= 4 is 5.97 Å². The number of aliphatic carboxylic acids is 1. The summed E-state index contributed by atoms with van der Waals surface area (Å²) in [5, 5.41) is 8.35. The Kier molecular flexibility index (Phi) is 3.74. The van der Waals surface area contributed by atoms with Crippen molar-refractivity contribution in [1.82, 2.24) is 0 Å². The molecule has 0 aliphatic carbocycles. The maximum atomic E-state index is 10.1. The highest BCUT2D eigenvalue weighted by Gasteiger charge is 2.11. The number of carboxylic acids is 1. The lowest BCUT2D eigenvalue weighted by atomic mass is 9.87. The molecule has 0 atom stereocenters. The second-order valence-corrected chi connectivity index (χ2v) is 3.78. The van der Waals surface area contributed by atoms with Gasteiger partial charge >= 0.3 is 5.97 Å². The van der Waals surface area contributed by atoms with Crippen LogP contribution in [0.2, 0.25) is 0 Å². The largest absolute Gasteiger partial charge is 0.481 e. The van der Waals surface area contributed by atoms with Crippen molar-refractivity contribution in [1.29, 1.82) is 0 Å². The second kappa shape index (κ2) is 4.10. The molecule has 0 saturated heterocycles. The minimum atomic E-state index is -0.812. The molecule has 68 valence electrons. The van der Waals surface area contributed by atoms with Crippen LogP contribution < -0.4 is 0 Å². The van der Waals surface area contributed by atoms with Crippen LogP contribution in [0.25, 0.3) is 0 Å². The van der Waals surface area contributed by atoms with Gasteiger partial charge in [0.15, 0.2) is 0 Å². The van der Waals surface area contributed by atoms with Crippen molar-refractivity contribution in [3.8, 4) is 0 Å². The molecule has 0 aliphatic heterocycles. The Bertz CT molecular complexity index is 206. The van der Waals surface area contributed by atoms with E-state index in [0.717, 1.165) is 5.57 Å². The summed E-state index contributed by atoms with van der Waals surface area (Å²) in [7, 11) is 0. The molecule has 0 radical (unpaired) electrons. The van der Waals surface area contributed by atoms with Gasteiger partial charge in [-0.3, -0.25) is 4.79 Å². The molecule has 0 fully saturated rings. The van der Waals surface area contributed by atoms with Crippen molar-refractivity contribution in [3.05, 3.63) is 24.3 Å². The summed E-state index contributed by atoms with van der Waals surface area (Å²) in [6.07, 6.45) is 3.46. The molecule has 2 heteroatoms. The normalized spacial score (nSPS) is 11.9. The second-order valence-electron chi connectivity index (χ2n) is 3.78. The molecule has 0 rings (SSSR count). The van der Waals surface area contributed by atoms with Crippen LogP contribution in [0.1, 0.15) is 27.2 Å². The van der Waals surface area contributed by atoms with Gasteiger partial charge in [-0.25, -0.2) is 0 Å². The van der Waals surface area contributed by atoms with Gasteiger partial charge < -0.3 is 5.11 Å².